The molecule has 0 aromatic carbocycles. The van der Waals surface area contributed by atoms with Gasteiger partial charge in [0.15, 0.2) is 0 Å². The van der Waals surface area contributed by atoms with Crippen LogP contribution in [-0.2, 0) is 14.4 Å². The monoisotopic (exact) mass is 242 g/mol. The van der Waals surface area contributed by atoms with Crippen LogP contribution in [0.5, 0.6) is 0 Å². The van der Waals surface area contributed by atoms with E-state index in [9.17, 15) is 14.4 Å². The SMILES string of the molecule is CCN(CC(C)C(=O)O)C(=O)C1CNC(=O)C1. The zero-order chi connectivity index (χ0) is 13.0. The van der Waals surface area contributed by atoms with Gasteiger partial charge in [0.1, 0.15) is 0 Å². The van der Waals surface area contributed by atoms with Crippen molar-refractivity contribution in [2.45, 2.75) is 20.3 Å². The van der Waals surface area contributed by atoms with Crippen LogP contribution in [0.15, 0.2) is 0 Å². The Labute approximate surface area is 100.0 Å². The summed E-state index contributed by atoms with van der Waals surface area (Å²) in [5, 5.41) is 11.4. The van der Waals surface area contributed by atoms with Gasteiger partial charge in [-0.3, -0.25) is 14.4 Å². The molecule has 0 aromatic heterocycles. The van der Waals surface area contributed by atoms with Crippen molar-refractivity contribution in [2.24, 2.45) is 11.8 Å². The molecule has 17 heavy (non-hydrogen) atoms. The number of carbonyl (C=O) groups excluding carboxylic acids is 2. The first-order valence-electron chi connectivity index (χ1n) is 5.74. The predicted molar refractivity (Wildman–Crippen MR) is 60.2 cm³/mol. The molecular weight excluding hydrogens is 224 g/mol. The molecule has 1 rings (SSSR count). The van der Waals surface area contributed by atoms with E-state index >= 15 is 0 Å². The molecule has 0 aromatic rings. The number of carboxylic acids is 1. The van der Waals surface area contributed by atoms with Gasteiger partial charge in [-0.05, 0) is 6.92 Å². The molecule has 6 nitrogen and oxygen atoms in total. The Kier molecular flexibility index (Phi) is 4.48. The van der Waals surface area contributed by atoms with E-state index in [1.165, 1.54) is 4.90 Å². The first-order chi connectivity index (χ1) is 7.95. The first-order valence-corrected chi connectivity index (χ1v) is 5.74. The Morgan fingerprint density at radius 2 is 2.24 bits per heavy atom. The number of aliphatic carboxylic acids is 1. The molecule has 0 spiro atoms. The molecule has 2 N–H and O–H groups in total. The summed E-state index contributed by atoms with van der Waals surface area (Å²) in [6.45, 7) is 4.37. The fourth-order valence-corrected chi connectivity index (χ4v) is 1.82. The summed E-state index contributed by atoms with van der Waals surface area (Å²) in [5.74, 6) is -2.12. The maximum Gasteiger partial charge on any atom is 0.308 e. The van der Waals surface area contributed by atoms with Crippen LogP contribution in [0.2, 0.25) is 0 Å². The summed E-state index contributed by atoms with van der Waals surface area (Å²) in [5.41, 5.74) is 0. The van der Waals surface area contributed by atoms with Crippen LogP contribution >= 0.6 is 0 Å². The minimum absolute atomic E-state index is 0.120. The van der Waals surface area contributed by atoms with E-state index < -0.39 is 11.9 Å². The second-order valence-corrected chi connectivity index (χ2v) is 4.32. The third-order valence-electron chi connectivity index (χ3n) is 2.94. The zero-order valence-electron chi connectivity index (χ0n) is 10.1. The average Bonchev–Trinajstić information content (AvgIpc) is 2.71. The molecule has 0 bridgehead atoms. The van der Waals surface area contributed by atoms with Crippen LogP contribution < -0.4 is 5.32 Å². The van der Waals surface area contributed by atoms with Crippen molar-refractivity contribution in [1.82, 2.24) is 10.2 Å². The van der Waals surface area contributed by atoms with Crippen molar-refractivity contribution in [1.29, 1.82) is 0 Å². The number of hydrogen-bond acceptors (Lipinski definition) is 3. The van der Waals surface area contributed by atoms with E-state index in [-0.39, 0.29) is 30.7 Å². The topological polar surface area (TPSA) is 86.7 Å². The molecular formula is C11H18N2O4. The molecule has 1 fully saturated rings. The van der Waals surface area contributed by atoms with Crippen LogP contribution in [0.3, 0.4) is 0 Å². The minimum atomic E-state index is -0.920. The third-order valence-corrected chi connectivity index (χ3v) is 2.94. The summed E-state index contributed by atoms with van der Waals surface area (Å²) < 4.78 is 0. The highest BCUT2D eigenvalue weighted by molar-refractivity contribution is 5.89. The highest BCUT2D eigenvalue weighted by Crippen LogP contribution is 2.14. The maximum atomic E-state index is 12.0. The van der Waals surface area contributed by atoms with Crippen molar-refractivity contribution in [3.63, 3.8) is 0 Å². The molecule has 1 aliphatic rings. The average molecular weight is 242 g/mol. The summed E-state index contributed by atoms with van der Waals surface area (Å²) >= 11 is 0. The van der Waals surface area contributed by atoms with E-state index in [1.807, 2.05) is 0 Å². The quantitative estimate of drug-likeness (QED) is 0.692. The van der Waals surface area contributed by atoms with Crippen LogP contribution in [0.1, 0.15) is 20.3 Å². The van der Waals surface area contributed by atoms with Crippen LogP contribution in [0.4, 0.5) is 0 Å². The van der Waals surface area contributed by atoms with E-state index in [2.05, 4.69) is 5.32 Å². The van der Waals surface area contributed by atoms with Crippen molar-refractivity contribution in [2.75, 3.05) is 19.6 Å². The fraction of sp³-hybridized carbons (Fsp3) is 0.727. The molecule has 1 saturated heterocycles. The van der Waals surface area contributed by atoms with Gasteiger partial charge in [-0.1, -0.05) is 6.92 Å². The normalized spacial score (nSPS) is 20.8. The Hall–Kier alpha value is -1.59. The minimum Gasteiger partial charge on any atom is -0.481 e. The molecule has 0 aliphatic carbocycles. The van der Waals surface area contributed by atoms with Crippen LogP contribution in [0, 0.1) is 11.8 Å². The molecule has 2 amide bonds. The van der Waals surface area contributed by atoms with Crippen LogP contribution in [-0.4, -0.2) is 47.4 Å². The lowest BCUT2D eigenvalue weighted by atomic mass is 10.1. The smallest absolute Gasteiger partial charge is 0.308 e. The van der Waals surface area contributed by atoms with E-state index in [4.69, 9.17) is 5.11 Å². The van der Waals surface area contributed by atoms with Gasteiger partial charge in [0, 0.05) is 26.1 Å². The van der Waals surface area contributed by atoms with Gasteiger partial charge >= 0.3 is 5.97 Å². The highest BCUT2D eigenvalue weighted by atomic mass is 16.4. The van der Waals surface area contributed by atoms with Gasteiger partial charge in [0.25, 0.3) is 0 Å². The van der Waals surface area contributed by atoms with Gasteiger partial charge in [0.2, 0.25) is 11.8 Å². The largest absolute Gasteiger partial charge is 0.481 e. The van der Waals surface area contributed by atoms with E-state index in [1.54, 1.807) is 13.8 Å². The molecule has 2 atom stereocenters. The number of rotatable bonds is 5. The zero-order valence-corrected chi connectivity index (χ0v) is 10.1. The van der Waals surface area contributed by atoms with Crippen LogP contribution in [0.25, 0.3) is 0 Å². The molecule has 96 valence electrons. The van der Waals surface area contributed by atoms with Gasteiger partial charge in [-0.15, -0.1) is 0 Å². The molecule has 2 unspecified atom stereocenters. The number of nitrogens with zero attached hydrogens (tertiary/aromatic N) is 1. The van der Waals surface area contributed by atoms with Crippen molar-refractivity contribution in [3.05, 3.63) is 0 Å². The van der Waals surface area contributed by atoms with Gasteiger partial charge in [0.05, 0.1) is 11.8 Å². The summed E-state index contributed by atoms with van der Waals surface area (Å²) in [7, 11) is 0. The standard InChI is InChI=1S/C11H18N2O4/c1-3-13(6-7(2)11(16)17)10(15)8-4-9(14)12-5-8/h7-8H,3-6H2,1-2H3,(H,12,14)(H,16,17). The van der Waals surface area contributed by atoms with Crippen molar-refractivity contribution >= 4 is 17.8 Å². The second-order valence-electron chi connectivity index (χ2n) is 4.32. The maximum absolute atomic E-state index is 12.0. The highest BCUT2D eigenvalue weighted by Gasteiger charge is 2.31. The Balaban J connectivity index is 2.58. The Bertz CT molecular complexity index is 329. The van der Waals surface area contributed by atoms with Gasteiger partial charge < -0.3 is 15.3 Å². The number of carbonyl (C=O) groups is 3. The molecule has 1 aliphatic heterocycles. The number of amides is 2. The van der Waals surface area contributed by atoms with E-state index in [0.717, 1.165) is 0 Å². The van der Waals surface area contributed by atoms with Crippen molar-refractivity contribution < 1.29 is 19.5 Å². The Morgan fingerprint density at radius 1 is 1.59 bits per heavy atom. The molecule has 0 saturated carbocycles. The summed E-state index contributed by atoms with van der Waals surface area (Å²) in [4.78, 5) is 35.3. The molecule has 0 radical (unpaired) electrons. The lowest BCUT2D eigenvalue weighted by molar-refractivity contribution is -0.144. The lowest BCUT2D eigenvalue weighted by Gasteiger charge is -2.25. The molecule has 1 heterocycles. The molecule has 6 heteroatoms. The van der Waals surface area contributed by atoms with Gasteiger partial charge in [-0.2, -0.15) is 0 Å². The van der Waals surface area contributed by atoms with E-state index in [0.29, 0.717) is 13.1 Å². The number of nitrogens with one attached hydrogen (secondary N) is 1. The first kappa shape index (κ1) is 13.5. The second kappa shape index (κ2) is 5.65. The number of hydrogen-bond donors (Lipinski definition) is 2. The lowest BCUT2D eigenvalue weighted by Crippen LogP contribution is -2.40. The predicted octanol–water partition coefficient (Wildman–Crippen LogP) is -0.308. The fourth-order valence-electron chi connectivity index (χ4n) is 1.82. The Morgan fingerprint density at radius 3 is 2.65 bits per heavy atom. The number of carboxylic acid groups (broad SMARTS) is 1. The summed E-state index contributed by atoms with van der Waals surface area (Å²) in [6, 6.07) is 0. The summed E-state index contributed by atoms with van der Waals surface area (Å²) in [6.07, 6.45) is 0.205. The third kappa shape index (κ3) is 3.44. The van der Waals surface area contributed by atoms with Gasteiger partial charge in [-0.25, -0.2) is 0 Å². The van der Waals surface area contributed by atoms with Crippen molar-refractivity contribution in [3.8, 4) is 0 Å².